The van der Waals surface area contributed by atoms with E-state index < -0.39 is 5.97 Å². The van der Waals surface area contributed by atoms with Gasteiger partial charge in [-0.2, -0.15) is 0 Å². The molecule has 0 fully saturated rings. The van der Waals surface area contributed by atoms with Gasteiger partial charge in [-0.25, -0.2) is 9.79 Å². The van der Waals surface area contributed by atoms with Crippen LogP contribution in [-0.2, 0) is 6.42 Å². The van der Waals surface area contributed by atoms with Crippen LogP contribution in [0.15, 0.2) is 112 Å². The number of allylic oxidation sites excluding steroid dienone is 1. The first-order chi connectivity index (χ1) is 21.0. The van der Waals surface area contributed by atoms with Crippen molar-refractivity contribution in [2.75, 3.05) is 7.11 Å². The van der Waals surface area contributed by atoms with Crippen LogP contribution in [0.5, 0.6) is 11.5 Å². The average molecular weight is 605 g/mol. The summed E-state index contributed by atoms with van der Waals surface area (Å²) in [4.78, 5) is 32.2. The molecule has 2 aliphatic rings. The molecule has 0 N–H and O–H groups in total. The van der Waals surface area contributed by atoms with Gasteiger partial charge in [0.1, 0.15) is 11.5 Å². The zero-order valence-corrected chi connectivity index (χ0v) is 24.7. The van der Waals surface area contributed by atoms with Gasteiger partial charge in [-0.1, -0.05) is 71.5 Å². The van der Waals surface area contributed by atoms with Crippen molar-refractivity contribution in [1.29, 1.82) is 0 Å². The van der Waals surface area contributed by atoms with E-state index in [1.807, 2.05) is 53.1 Å². The molecule has 1 atom stereocenters. The second-order valence-electron chi connectivity index (χ2n) is 10.4. The maximum Gasteiger partial charge on any atom is 0.343 e. The van der Waals surface area contributed by atoms with Crippen molar-refractivity contribution in [2.24, 2.45) is 4.99 Å². The van der Waals surface area contributed by atoms with E-state index in [-0.39, 0.29) is 11.6 Å². The predicted octanol–water partition coefficient (Wildman–Crippen LogP) is 6.20. The van der Waals surface area contributed by atoms with Crippen LogP contribution >= 0.6 is 22.9 Å². The first-order valence-electron chi connectivity index (χ1n) is 13.8. The van der Waals surface area contributed by atoms with Gasteiger partial charge in [0.15, 0.2) is 4.80 Å². The molecule has 1 aliphatic heterocycles. The fraction of sp³-hybridized carbons (Fsp3) is 0.114. The lowest BCUT2D eigenvalue weighted by Gasteiger charge is -2.30. The zero-order valence-electron chi connectivity index (χ0n) is 23.1. The highest BCUT2D eigenvalue weighted by atomic mass is 35.5. The first kappa shape index (κ1) is 27.1. The third-order valence-electron chi connectivity index (χ3n) is 7.77. The van der Waals surface area contributed by atoms with Gasteiger partial charge in [0.25, 0.3) is 5.56 Å². The van der Waals surface area contributed by atoms with Gasteiger partial charge in [0, 0.05) is 10.6 Å². The number of benzene rings is 4. The van der Waals surface area contributed by atoms with Crippen LogP contribution in [0.1, 0.15) is 45.1 Å². The topological polar surface area (TPSA) is 69.9 Å². The van der Waals surface area contributed by atoms with Gasteiger partial charge in [-0.3, -0.25) is 9.36 Å². The number of methoxy groups -OCH3 is 1. The summed E-state index contributed by atoms with van der Waals surface area (Å²) in [5, 5.41) is 0.650. The minimum absolute atomic E-state index is 0.0934. The predicted molar refractivity (Wildman–Crippen MR) is 169 cm³/mol. The fourth-order valence-corrected chi connectivity index (χ4v) is 6.77. The van der Waals surface area contributed by atoms with E-state index in [1.165, 1.54) is 16.9 Å². The molecule has 0 spiro atoms. The van der Waals surface area contributed by atoms with Crippen molar-refractivity contribution in [3.63, 3.8) is 0 Å². The molecule has 4 aromatic carbocycles. The molecule has 5 aromatic rings. The number of carbonyl (C=O) groups excluding carboxylic acids is 1. The maximum absolute atomic E-state index is 14.0. The lowest BCUT2D eigenvalue weighted by atomic mass is 9.83. The molecule has 7 rings (SSSR count). The van der Waals surface area contributed by atoms with Crippen molar-refractivity contribution in [1.82, 2.24) is 4.57 Å². The molecule has 8 heteroatoms. The van der Waals surface area contributed by atoms with E-state index in [0.717, 1.165) is 40.8 Å². The highest BCUT2D eigenvalue weighted by Gasteiger charge is 2.32. The number of aromatic nitrogens is 1. The third-order valence-corrected chi connectivity index (χ3v) is 9.01. The molecule has 0 saturated carbocycles. The SMILES string of the molecule is COc1ccc(C(=O)Oc2ccc(/C=c3/sc4n(c3=O)[C@H](c3ccc(Cl)cc3)C3=C(N=4)c4ccccc4CC3)cc2)cc1. The van der Waals surface area contributed by atoms with Crippen molar-refractivity contribution in [3.8, 4) is 11.5 Å². The van der Waals surface area contributed by atoms with E-state index in [2.05, 4.69) is 18.2 Å². The molecule has 1 aliphatic carbocycles. The lowest BCUT2D eigenvalue weighted by Crippen LogP contribution is -2.38. The van der Waals surface area contributed by atoms with Gasteiger partial charge < -0.3 is 9.47 Å². The Morgan fingerprint density at radius 1 is 0.930 bits per heavy atom. The Morgan fingerprint density at radius 2 is 1.65 bits per heavy atom. The number of esters is 1. The van der Waals surface area contributed by atoms with Crippen molar-refractivity contribution < 1.29 is 14.3 Å². The number of rotatable bonds is 5. The number of hydrogen-bond acceptors (Lipinski definition) is 6. The average Bonchev–Trinajstić information content (AvgIpc) is 3.35. The van der Waals surface area contributed by atoms with Gasteiger partial charge in [-0.05, 0) is 89.7 Å². The van der Waals surface area contributed by atoms with Gasteiger partial charge in [-0.15, -0.1) is 0 Å². The second-order valence-corrected chi connectivity index (χ2v) is 11.8. The van der Waals surface area contributed by atoms with Crippen LogP contribution in [0.4, 0.5) is 0 Å². The number of ether oxygens (including phenoxy) is 2. The quantitative estimate of drug-likeness (QED) is 0.177. The molecule has 0 radical (unpaired) electrons. The Kier molecular flexibility index (Phi) is 7.05. The number of carbonyl (C=O) groups is 1. The summed E-state index contributed by atoms with van der Waals surface area (Å²) in [5.41, 5.74) is 6.64. The number of aryl methyl sites for hydroxylation is 1. The van der Waals surface area contributed by atoms with Crippen LogP contribution in [-0.4, -0.2) is 17.6 Å². The first-order valence-corrected chi connectivity index (χ1v) is 15.0. The van der Waals surface area contributed by atoms with E-state index in [9.17, 15) is 9.59 Å². The number of halogens is 1. The number of nitrogens with zero attached hydrogens (tertiary/aromatic N) is 2. The number of fused-ring (bicyclic) bond motifs is 3. The second kappa shape index (κ2) is 11.2. The number of hydrogen-bond donors (Lipinski definition) is 0. The molecular weight excluding hydrogens is 580 g/mol. The Morgan fingerprint density at radius 3 is 2.40 bits per heavy atom. The van der Waals surface area contributed by atoms with Crippen LogP contribution in [0.3, 0.4) is 0 Å². The standard InChI is InChI=1S/C35H25ClN2O4S/c1-41-26-17-10-24(11-18-26)34(40)42-27-15-6-21(7-16-27)20-30-33(39)38-32(23-8-13-25(36)14-9-23)29-19-12-22-4-2-3-5-28(22)31(29)37-35(38)43-30/h2-11,13-18,20,32H,12,19H2,1H3/b30-20+/t32-/m1/s1. The molecule has 212 valence electrons. The summed E-state index contributed by atoms with van der Waals surface area (Å²) in [7, 11) is 1.57. The molecule has 0 saturated heterocycles. The summed E-state index contributed by atoms with van der Waals surface area (Å²) < 4.78 is 13.1. The molecule has 43 heavy (non-hydrogen) atoms. The number of thiazole rings is 1. The van der Waals surface area contributed by atoms with Crippen molar-refractivity contribution in [3.05, 3.63) is 155 Å². The summed E-state index contributed by atoms with van der Waals surface area (Å²) >= 11 is 7.60. The lowest BCUT2D eigenvalue weighted by molar-refractivity contribution is 0.0734. The molecule has 1 aromatic heterocycles. The normalized spacial score (nSPS) is 15.7. The Bertz CT molecular complexity index is 2080. The van der Waals surface area contributed by atoms with Crippen LogP contribution in [0.25, 0.3) is 11.8 Å². The molecule has 0 unspecified atom stereocenters. The van der Waals surface area contributed by atoms with Gasteiger partial charge >= 0.3 is 5.97 Å². The van der Waals surface area contributed by atoms with E-state index in [0.29, 0.717) is 31.4 Å². The minimum Gasteiger partial charge on any atom is -0.497 e. The Balaban J connectivity index is 1.25. The van der Waals surface area contributed by atoms with E-state index >= 15 is 0 Å². The molecule has 0 bridgehead atoms. The molecule has 0 amide bonds. The maximum atomic E-state index is 14.0. The van der Waals surface area contributed by atoms with Crippen LogP contribution in [0.2, 0.25) is 5.02 Å². The van der Waals surface area contributed by atoms with Crippen molar-refractivity contribution >= 4 is 40.7 Å². The highest BCUT2D eigenvalue weighted by molar-refractivity contribution is 7.07. The molecule has 2 heterocycles. The smallest absolute Gasteiger partial charge is 0.343 e. The van der Waals surface area contributed by atoms with Crippen molar-refractivity contribution in [2.45, 2.75) is 18.9 Å². The van der Waals surface area contributed by atoms with E-state index in [4.69, 9.17) is 26.1 Å². The largest absolute Gasteiger partial charge is 0.497 e. The summed E-state index contributed by atoms with van der Waals surface area (Å²) in [6.07, 6.45) is 3.58. The van der Waals surface area contributed by atoms with Gasteiger partial charge in [0.05, 0.1) is 28.9 Å². The monoisotopic (exact) mass is 604 g/mol. The summed E-state index contributed by atoms with van der Waals surface area (Å²) in [6, 6.07) is 29.6. The fourth-order valence-electron chi connectivity index (χ4n) is 5.64. The molecule has 6 nitrogen and oxygen atoms in total. The molecular formula is C35H25ClN2O4S. The Hall–Kier alpha value is -4.72. The summed E-state index contributed by atoms with van der Waals surface area (Å²) in [5.74, 6) is 0.612. The van der Waals surface area contributed by atoms with Crippen LogP contribution < -0.4 is 24.4 Å². The Labute approximate surface area is 256 Å². The van der Waals surface area contributed by atoms with Crippen LogP contribution in [0, 0.1) is 0 Å². The third kappa shape index (κ3) is 5.11. The zero-order chi connectivity index (χ0) is 29.5. The highest BCUT2D eigenvalue weighted by Crippen LogP contribution is 2.41. The van der Waals surface area contributed by atoms with E-state index in [1.54, 1.807) is 43.5 Å². The minimum atomic E-state index is -0.462. The van der Waals surface area contributed by atoms with Gasteiger partial charge in [0.2, 0.25) is 0 Å². The summed E-state index contributed by atoms with van der Waals surface area (Å²) in [6.45, 7) is 0.